The van der Waals surface area contributed by atoms with E-state index in [-0.39, 0.29) is 24.4 Å². The lowest BCUT2D eigenvalue weighted by atomic mass is 10.1. The predicted molar refractivity (Wildman–Crippen MR) is 103 cm³/mol. The highest BCUT2D eigenvalue weighted by molar-refractivity contribution is 6.01. The van der Waals surface area contributed by atoms with Gasteiger partial charge in [-0.25, -0.2) is 4.79 Å². The average Bonchev–Trinajstić information content (AvgIpc) is 3.27. The molecule has 2 aliphatic rings. The van der Waals surface area contributed by atoms with Crippen LogP contribution < -0.4 is 0 Å². The summed E-state index contributed by atoms with van der Waals surface area (Å²) < 4.78 is 0. The Kier molecular flexibility index (Phi) is 6.48. The van der Waals surface area contributed by atoms with Crippen LogP contribution in [0.4, 0.5) is 4.79 Å². The molecular weight excluding hydrogens is 342 g/mol. The molecule has 0 bridgehead atoms. The number of carbonyl (C=O) groups is 3. The van der Waals surface area contributed by atoms with Crippen LogP contribution in [0.3, 0.4) is 0 Å². The molecule has 1 aliphatic carbocycles. The third kappa shape index (κ3) is 4.87. The first kappa shape index (κ1) is 19.4. The third-order valence-corrected chi connectivity index (χ3v) is 5.57. The van der Waals surface area contributed by atoms with Crippen LogP contribution in [0.1, 0.15) is 44.1 Å². The highest BCUT2D eigenvalue weighted by atomic mass is 16.2. The summed E-state index contributed by atoms with van der Waals surface area (Å²) in [4.78, 5) is 41.4. The van der Waals surface area contributed by atoms with E-state index in [0.29, 0.717) is 25.4 Å². The molecule has 146 valence electrons. The van der Waals surface area contributed by atoms with Crippen molar-refractivity contribution in [2.45, 2.75) is 51.0 Å². The van der Waals surface area contributed by atoms with E-state index >= 15 is 0 Å². The van der Waals surface area contributed by atoms with Gasteiger partial charge in [-0.15, -0.1) is 0 Å². The van der Waals surface area contributed by atoms with Crippen molar-refractivity contribution in [2.75, 3.05) is 26.7 Å². The minimum atomic E-state index is -0.260. The summed E-state index contributed by atoms with van der Waals surface area (Å²) >= 11 is 0. The van der Waals surface area contributed by atoms with E-state index in [2.05, 4.69) is 12.1 Å². The maximum Gasteiger partial charge on any atom is 0.326 e. The van der Waals surface area contributed by atoms with E-state index in [1.165, 1.54) is 28.2 Å². The average molecular weight is 371 g/mol. The molecule has 1 aromatic rings. The molecule has 1 saturated carbocycles. The standard InChI is InChI=1S/C21H29N3O3/c1-22-16-20(26)24(21(22)27)14-7-12-19(25)23(18-10-5-6-11-18)15-13-17-8-3-2-4-9-17/h2-4,8-9,18H,5-7,10-16H2,1H3. The SMILES string of the molecule is CN1CC(=O)N(CCCC(=O)N(CCc2ccccc2)C2CCCC2)C1=O. The van der Waals surface area contributed by atoms with Crippen molar-refractivity contribution in [3.05, 3.63) is 35.9 Å². The van der Waals surface area contributed by atoms with Crippen molar-refractivity contribution < 1.29 is 14.4 Å². The summed E-state index contributed by atoms with van der Waals surface area (Å²) in [5.74, 6) is -0.0306. The first-order valence-corrected chi connectivity index (χ1v) is 9.95. The lowest BCUT2D eigenvalue weighted by Crippen LogP contribution is -2.40. The molecule has 3 rings (SSSR count). The maximum absolute atomic E-state index is 12.9. The Balaban J connectivity index is 1.53. The first-order valence-electron chi connectivity index (χ1n) is 9.95. The number of nitrogens with zero attached hydrogens (tertiary/aromatic N) is 3. The summed E-state index contributed by atoms with van der Waals surface area (Å²) in [6, 6.07) is 10.3. The Labute approximate surface area is 161 Å². The summed E-state index contributed by atoms with van der Waals surface area (Å²) in [6.45, 7) is 1.20. The molecule has 27 heavy (non-hydrogen) atoms. The summed E-state index contributed by atoms with van der Waals surface area (Å²) in [5.41, 5.74) is 1.24. The largest absolute Gasteiger partial charge is 0.339 e. The molecule has 1 aromatic carbocycles. The molecule has 4 amide bonds. The van der Waals surface area contributed by atoms with Crippen LogP contribution in [0.5, 0.6) is 0 Å². The van der Waals surface area contributed by atoms with Crippen molar-refractivity contribution in [3.63, 3.8) is 0 Å². The van der Waals surface area contributed by atoms with Crippen LogP contribution in [0.15, 0.2) is 30.3 Å². The van der Waals surface area contributed by atoms with Gasteiger partial charge in [-0.3, -0.25) is 14.5 Å². The van der Waals surface area contributed by atoms with Gasteiger partial charge in [0.1, 0.15) is 6.54 Å². The van der Waals surface area contributed by atoms with Gasteiger partial charge in [0.05, 0.1) is 0 Å². The van der Waals surface area contributed by atoms with Gasteiger partial charge in [-0.1, -0.05) is 43.2 Å². The number of carbonyl (C=O) groups excluding carboxylic acids is 3. The van der Waals surface area contributed by atoms with Crippen LogP contribution in [-0.2, 0) is 16.0 Å². The third-order valence-electron chi connectivity index (χ3n) is 5.57. The van der Waals surface area contributed by atoms with Crippen molar-refractivity contribution >= 4 is 17.8 Å². The zero-order valence-corrected chi connectivity index (χ0v) is 16.1. The topological polar surface area (TPSA) is 60.9 Å². The molecule has 6 nitrogen and oxygen atoms in total. The second kappa shape index (κ2) is 9.02. The van der Waals surface area contributed by atoms with E-state index < -0.39 is 0 Å². The van der Waals surface area contributed by atoms with Crippen LogP contribution >= 0.6 is 0 Å². The molecule has 6 heteroatoms. The van der Waals surface area contributed by atoms with Gasteiger partial charge in [0.15, 0.2) is 0 Å². The molecule has 0 unspecified atom stereocenters. The van der Waals surface area contributed by atoms with Crippen LogP contribution in [0, 0.1) is 0 Å². The minimum Gasteiger partial charge on any atom is -0.339 e. The summed E-state index contributed by atoms with van der Waals surface area (Å²) in [5, 5.41) is 0. The number of hydrogen-bond donors (Lipinski definition) is 0. The van der Waals surface area contributed by atoms with Crippen molar-refractivity contribution in [1.29, 1.82) is 0 Å². The molecule has 2 fully saturated rings. The lowest BCUT2D eigenvalue weighted by molar-refractivity contribution is -0.134. The lowest BCUT2D eigenvalue weighted by Gasteiger charge is -2.29. The van der Waals surface area contributed by atoms with E-state index in [4.69, 9.17) is 0 Å². The van der Waals surface area contributed by atoms with Gasteiger partial charge in [0.2, 0.25) is 11.8 Å². The first-order chi connectivity index (χ1) is 13.1. The van der Waals surface area contributed by atoms with Gasteiger partial charge in [-0.2, -0.15) is 0 Å². The highest BCUT2D eigenvalue weighted by Gasteiger charge is 2.33. The minimum absolute atomic E-state index is 0.137. The van der Waals surface area contributed by atoms with Crippen molar-refractivity contribution in [3.8, 4) is 0 Å². The van der Waals surface area contributed by atoms with Crippen LogP contribution in [-0.4, -0.2) is 65.3 Å². The van der Waals surface area contributed by atoms with Crippen molar-refractivity contribution in [2.24, 2.45) is 0 Å². The van der Waals surface area contributed by atoms with Crippen LogP contribution in [0.2, 0.25) is 0 Å². The normalized spacial score (nSPS) is 17.8. The monoisotopic (exact) mass is 371 g/mol. The number of benzene rings is 1. The molecule has 0 spiro atoms. The van der Waals surface area contributed by atoms with E-state index in [9.17, 15) is 14.4 Å². The Morgan fingerprint density at radius 1 is 1.15 bits per heavy atom. The number of imide groups is 1. The zero-order valence-electron chi connectivity index (χ0n) is 16.1. The second-order valence-electron chi connectivity index (χ2n) is 7.55. The number of rotatable bonds is 8. The number of likely N-dealkylation sites (N-methyl/N-ethyl adjacent to an activating group) is 1. The quantitative estimate of drug-likeness (QED) is 0.660. The second-order valence-corrected chi connectivity index (χ2v) is 7.55. The molecule has 1 aliphatic heterocycles. The van der Waals surface area contributed by atoms with Gasteiger partial charge in [-0.05, 0) is 31.2 Å². The fourth-order valence-corrected chi connectivity index (χ4v) is 4.04. The number of urea groups is 1. The Morgan fingerprint density at radius 2 is 1.85 bits per heavy atom. The molecular formula is C21H29N3O3. The number of amides is 4. The summed E-state index contributed by atoms with van der Waals surface area (Å²) in [7, 11) is 1.62. The van der Waals surface area contributed by atoms with Crippen molar-refractivity contribution in [1.82, 2.24) is 14.7 Å². The molecule has 0 radical (unpaired) electrons. The van der Waals surface area contributed by atoms with E-state index in [0.717, 1.165) is 25.8 Å². The Bertz CT molecular complexity index is 671. The molecule has 1 heterocycles. The fourth-order valence-electron chi connectivity index (χ4n) is 4.04. The van der Waals surface area contributed by atoms with Crippen LogP contribution in [0.25, 0.3) is 0 Å². The molecule has 1 saturated heterocycles. The Hall–Kier alpha value is -2.37. The zero-order chi connectivity index (χ0) is 19.2. The van der Waals surface area contributed by atoms with E-state index in [1.807, 2.05) is 23.1 Å². The summed E-state index contributed by atoms with van der Waals surface area (Å²) in [6.07, 6.45) is 6.29. The Morgan fingerprint density at radius 3 is 2.48 bits per heavy atom. The number of hydrogen-bond acceptors (Lipinski definition) is 3. The fraction of sp³-hybridized carbons (Fsp3) is 0.571. The maximum atomic E-state index is 12.9. The van der Waals surface area contributed by atoms with Gasteiger partial charge < -0.3 is 9.80 Å². The van der Waals surface area contributed by atoms with Gasteiger partial charge in [0, 0.05) is 32.6 Å². The molecule has 0 aromatic heterocycles. The van der Waals surface area contributed by atoms with E-state index in [1.54, 1.807) is 7.05 Å². The molecule has 0 atom stereocenters. The van der Waals surface area contributed by atoms with Gasteiger partial charge in [0.25, 0.3) is 0 Å². The highest BCUT2D eigenvalue weighted by Crippen LogP contribution is 2.25. The predicted octanol–water partition coefficient (Wildman–Crippen LogP) is 2.67. The molecule has 0 N–H and O–H groups in total. The smallest absolute Gasteiger partial charge is 0.326 e. The van der Waals surface area contributed by atoms with Gasteiger partial charge >= 0.3 is 6.03 Å².